The molecule has 1 fully saturated rings. The molecular weight excluding hydrogens is 812 g/mol. The van der Waals surface area contributed by atoms with Crippen LogP contribution in [0.3, 0.4) is 0 Å². The van der Waals surface area contributed by atoms with E-state index in [2.05, 4.69) is 26.0 Å². The lowest BCUT2D eigenvalue weighted by molar-refractivity contribution is -0.220. The number of carbonyl (C=O) groups is 1. The van der Waals surface area contributed by atoms with E-state index >= 15 is 0 Å². The molecule has 0 heterocycles. The summed E-state index contributed by atoms with van der Waals surface area (Å²) in [6, 6.07) is 0. The molecule has 0 aromatic heterocycles. The molecule has 1 saturated carbocycles. The topological polar surface area (TPSA) is 192 Å². The van der Waals surface area contributed by atoms with E-state index in [-0.39, 0.29) is 13.0 Å². The number of allylic oxidation sites excluding steroid dienone is 2. The zero-order valence-electron chi connectivity index (χ0n) is 39.4. The van der Waals surface area contributed by atoms with Crippen LogP contribution in [0, 0.1) is 0 Å². The van der Waals surface area contributed by atoms with Crippen LogP contribution in [-0.4, -0.2) is 98.9 Å². The van der Waals surface area contributed by atoms with Crippen LogP contribution in [-0.2, 0) is 27.9 Å². The number of unbranched alkanes of at least 4 members (excludes halogenated alkanes) is 30. The van der Waals surface area contributed by atoms with Crippen LogP contribution in [0.1, 0.15) is 232 Å². The number of rotatable bonds is 44. The second-order valence-corrected chi connectivity index (χ2v) is 19.4. The molecule has 0 aliphatic heterocycles. The molecule has 0 saturated heterocycles. The first kappa shape index (κ1) is 59.1. The fraction of sp³-hybridized carbons (Fsp3) is 0.939. The quantitative estimate of drug-likeness (QED) is 0.0147. The smallest absolute Gasteiger partial charge is 0.457 e. The van der Waals surface area contributed by atoms with Crippen molar-refractivity contribution in [3.05, 3.63) is 12.2 Å². The van der Waals surface area contributed by atoms with Gasteiger partial charge < -0.3 is 39.9 Å². The molecule has 6 N–H and O–H groups in total. The molecule has 0 aromatic carbocycles. The summed E-state index contributed by atoms with van der Waals surface area (Å²) >= 11 is 0. The normalized spacial score (nSPS) is 22.0. The first-order valence-electron chi connectivity index (χ1n) is 25.5. The van der Waals surface area contributed by atoms with Crippen LogP contribution in [0.15, 0.2) is 12.2 Å². The molecule has 0 bridgehead atoms. The van der Waals surface area contributed by atoms with Crippen molar-refractivity contribution in [1.29, 1.82) is 0 Å². The van der Waals surface area contributed by atoms with Gasteiger partial charge in [-0.1, -0.05) is 199 Å². The van der Waals surface area contributed by atoms with Crippen LogP contribution in [0.5, 0.6) is 0 Å². The van der Waals surface area contributed by atoms with E-state index in [1.807, 2.05) is 0 Å². The van der Waals surface area contributed by atoms with Crippen LogP contribution in [0.25, 0.3) is 0 Å². The van der Waals surface area contributed by atoms with Gasteiger partial charge in [-0.05, 0) is 38.5 Å². The van der Waals surface area contributed by atoms with Gasteiger partial charge in [0.2, 0.25) is 0 Å². The number of ether oxygens (including phenoxy) is 2. The highest BCUT2D eigenvalue weighted by Crippen LogP contribution is 2.47. The van der Waals surface area contributed by atoms with Gasteiger partial charge in [-0.25, -0.2) is 4.57 Å². The molecule has 0 radical (unpaired) electrons. The van der Waals surface area contributed by atoms with Gasteiger partial charge in [0.05, 0.1) is 13.2 Å². The lowest BCUT2D eigenvalue weighted by atomic mass is 9.85. The van der Waals surface area contributed by atoms with Crippen molar-refractivity contribution in [3.8, 4) is 0 Å². The van der Waals surface area contributed by atoms with Gasteiger partial charge in [0.1, 0.15) is 42.7 Å². The van der Waals surface area contributed by atoms with E-state index in [1.165, 1.54) is 167 Å². The summed E-state index contributed by atoms with van der Waals surface area (Å²) in [6.07, 6.45) is 32.7. The zero-order valence-corrected chi connectivity index (χ0v) is 40.3. The van der Waals surface area contributed by atoms with Crippen molar-refractivity contribution < 1.29 is 58.3 Å². The average molecular weight is 907 g/mol. The van der Waals surface area contributed by atoms with E-state index in [0.717, 1.165) is 38.5 Å². The summed E-state index contributed by atoms with van der Waals surface area (Å²) in [4.78, 5) is 23.2. The fourth-order valence-electron chi connectivity index (χ4n) is 8.06. The maximum Gasteiger partial charge on any atom is 0.472 e. The molecule has 12 nitrogen and oxygen atoms in total. The Hall–Kier alpha value is -0.920. The Morgan fingerprint density at radius 3 is 1.27 bits per heavy atom. The third-order valence-corrected chi connectivity index (χ3v) is 13.1. The maximum absolute atomic E-state index is 12.8. The second-order valence-electron chi connectivity index (χ2n) is 18.0. The van der Waals surface area contributed by atoms with Gasteiger partial charge in [-0.3, -0.25) is 13.8 Å². The Morgan fingerprint density at radius 2 is 0.855 bits per heavy atom. The highest BCUT2D eigenvalue weighted by molar-refractivity contribution is 7.47. The summed E-state index contributed by atoms with van der Waals surface area (Å²) in [5, 5.41) is 50.3. The summed E-state index contributed by atoms with van der Waals surface area (Å²) in [6.45, 7) is 4.29. The predicted molar refractivity (Wildman–Crippen MR) is 249 cm³/mol. The minimum atomic E-state index is -5.02. The lowest BCUT2D eigenvalue weighted by Gasteiger charge is -2.41. The first-order chi connectivity index (χ1) is 30.0. The molecule has 0 spiro atoms. The fourth-order valence-corrected chi connectivity index (χ4v) is 9.03. The standard InChI is InChI=1S/C49H95O12P/c1-3-5-7-9-11-13-15-17-19-21-23-25-27-29-31-33-35-37-39-58-40-42(41-59-62(56,57)61-49-47(54)45(52)44(51)46(53)48(49)55)60-43(50)38-36-34-32-30-28-26-24-22-20-18-16-14-12-10-8-6-4-2/h17,19,42,44-49,51-55H,3-16,18,20-41H2,1-2H3,(H,56,57)/b19-17-. The van der Waals surface area contributed by atoms with Crippen LogP contribution in [0.2, 0.25) is 0 Å². The number of aliphatic hydroxyl groups is 5. The Bertz CT molecular complexity index is 1080. The molecule has 6 atom stereocenters. The monoisotopic (exact) mass is 907 g/mol. The number of phosphoric acid groups is 1. The molecular formula is C49H95O12P. The Labute approximate surface area is 377 Å². The minimum Gasteiger partial charge on any atom is -0.457 e. The molecule has 368 valence electrons. The predicted octanol–water partition coefficient (Wildman–Crippen LogP) is 11.1. The largest absolute Gasteiger partial charge is 0.472 e. The third-order valence-electron chi connectivity index (χ3n) is 12.1. The molecule has 1 rings (SSSR count). The van der Waals surface area contributed by atoms with E-state index in [1.54, 1.807) is 0 Å². The Morgan fingerprint density at radius 1 is 0.500 bits per heavy atom. The van der Waals surface area contributed by atoms with Crippen molar-refractivity contribution in [2.75, 3.05) is 19.8 Å². The summed E-state index contributed by atoms with van der Waals surface area (Å²) in [7, 11) is -5.02. The highest BCUT2D eigenvalue weighted by Gasteiger charge is 2.51. The van der Waals surface area contributed by atoms with E-state index in [9.17, 15) is 39.8 Å². The maximum atomic E-state index is 12.8. The number of phosphoric ester groups is 1. The summed E-state index contributed by atoms with van der Waals surface area (Å²) in [5.74, 6) is -0.473. The number of carbonyl (C=O) groups excluding carboxylic acids is 1. The van der Waals surface area contributed by atoms with E-state index in [0.29, 0.717) is 13.0 Å². The van der Waals surface area contributed by atoms with Crippen LogP contribution in [0.4, 0.5) is 0 Å². The Kier molecular flexibility index (Phi) is 38.5. The van der Waals surface area contributed by atoms with Gasteiger partial charge in [-0.2, -0.15) is 0 Å². The summed E-state index contributed by atoms with van der Waals surface area (Å²) < 4.78 is 34.3. The lowest BCUT2D eigenvalue weighted by Crippen LogP contribution is -2.64. The Balaban J connectivity index is 2.34. The summed E-state index contributed by atoms with van der Waals surface area (Å²) in [5.41, 5.74) is 0. The van der Waals surface area contributed by atoms with E-state index in [4.69, 9.17) is 18.5 Å². The van der Waals surface area contributed by atoms with Crippen LogP contribution >= 0.6 is 7.82 Å². The molecule has 0 aromatic rings. The van der Waals surface area contributed by atoms with Gasteiger partial charge in [0.15, 0.2) is 0 Å². The highest BCUT2D eigenvalue weighted by atomic mass is 31.2. The molecule has 1 aliphatic rings. The SMILES string of the molecule is CCCCCCCC/C=C\CCCCCCCCCCOCC(COP(=O)(O)OC1C(O)C(O)C(O)C(O)C1O)OC(=O)CCCCCCCCCCCCCCCCCCC. The van der Waals surface area contributed by atoms with Gasteiger partial charge in [0.25, 0.3) is 0 Å². The van der Waals surface area contributed by atoms with E-state index < -0.39 is 63.1 Å². The number of hydrogen-bond donors (Lipinski definition) is 6. The van der Waals surface area contributed by atoms with Crippen LogP contribution < -0.4 is 0 Å². The molecule has 13 heteroatoms. The molecule has 62 heavy (non-hydrogen) atoms. The van der Waals surface area contributed by atoms with Crippen molar-refractivity contribution in [2.45, 2.75) is 275 Å². The number of aliphatic hydroxyl groups excluding tert-OH is 5. The first-order valence-corrected chi connectivity index (χ1v) is 27.0. The van der Waals surface area contributed by atoms with Gasteiger partial charge >= 0.3 is 13.8 Å². The molecule has 6 unspecified atom stereocenters. The van der Waals surface area contributed by atoms with Crippen molar-refractivity contribution >= 4 is 13.8 Å². The number of esters is 1. The average Bonchev–Trinajstić information content (AvgIpc) is 3.26. The van der Waals surface area contributed by atoms with Gasteiger partial charge in [-0.15, -0.1) is 0 Å². The van der Waals surface area contributed by atoms with Crippen molar-refractivity contribution in [3.63, 3.8) is 0 Å². The zero-order chi connectivity index (χ0) is 45.5. The molecule has 1 aliphatic carbocycles. The van der Waals surface area contributed by atoms with Gasteiger partial charge in [0, 0.05) is 13.0 Å². The molecule has 0 amide bonds. The second kappa shape index (κ2) is 40.4. The van der Waals surface area contributed by atoms with Crippen molar-refractivity contribution in [1.82, 2.24) is 0 Å². The minimum absolute atomic E-state index is 0.0729. The number of hydrogen-bond acceptors (Lipinski definition) is 11. The van der Waals surface area contributed by atoms with Crippen molar-refractivity contribution in [2.24, 2.45) is 0 Å². The third kappa shape index (κ3) is 31.9.